The van der Waals surface area contributed by atoms with Crippen molar-refractivity contribution < 1.29 is 14.6 Å². The van der Waals surface area contributed by atoms with Gasteiger partial charge in [0.15, 0.2) is 0 Å². The summed E-state index contributed by atoms with van der Waals surface area (Å²) in [6.45, 7) is 0.241. The number of hydrogen-bond acceptors (Lipinski definition) is 3. The predicted molar refractivity (Wildman–Crippen MR) is 75.0 cm³/mol. The van der Waals surface area contributed by atoms with Gasteiger partial charge in [-0.05, 0) is 42.6 Å². The lowest BCUT2D eigenvalue weighted by Gasteiger charge is -2.63. The number of aliphatic hydroxyl groups excluding tert-OH is 1. The average Bonchev–Trinajstić information content (AvgIpc) is 2.39. The van der Waals surface area contributed by atoms with E-state index in [2.05, 4.69) is 5.32 Å². The maximum Gasteiger partial charge on any atom is 0.407 e. The van der Waals surface area contributed by atoms with Crippen LogP contribution in [0.4, 0.5) is 4.79 Å². The summed E-state index contributed by atoms with van der Waals surface area (Å²) in [5, 5.41) is 12.2. The van der Waals surface area contributed by atoms with E-state index in [1.165, 1.54) is 19.3 Å². The lowest BCUT2D eigenvalue weighted by Crippen LogP contribution is -2.55. The second-order valence-electron chi connectivity index (χ2n) is 6.27. The fourth-order valence-corrected chi connectivity index (χ4v) is 3.52. The third kappa shape index (κ3) is 2.80. The largest absolute Gasteiger partial charge is 0.445 e. The average molecular weight is 275 g/mol. The number of aliphatic hydroxyl groups is 1. The van der Waals surface area contributed by atoms with Crippen molar-refractivity contribution >= 4 is 6.09 Å². The van der Waals surface area contributed by atoms with Gasteiger partial charge in [-0.25, -0.2) is 4.79 Å². The van der Waals surface area contributed by atoms with Crippen LogP contribution in [0.25, 0.3) is 0 Å². The standard InChI is InChI=1S/C16H21NO3/c18-10-14(9-16-6-13(7-16)8-16)17-15(19)20-11-12-4-2-1-3-5-12/h1-5,13-14,18H,6-11H2,(H,17,19)/t13?,14-,16?/m0/s1. The van der Waals surface area contributed by atoms with Gasteiger partial charge in [-0.1, -0.05) is 30.3 Å². The first-order valence-corrected chi connectivity index (χ1v) is 7.27. The molecule has 2 N–H and O–H groups in total. The molecule has 0 saturated heterocycles. The van der Waals surface area contributed by atoms with Gasteiger partial charge in [-0.2, -0.15) is 0 Å². The van der Waals surface area contributed by atoms with Gasteiger partial charge in [0, 0.05) is 0 Å². The van der Waals surface area contributed by atoms with E-state index in [0.29, 0.717) is 5.41 Å². The Hall–Kier alpha value is -1.55. The van der Waals surface area contributed by atoms with Crippen LogP contribution in [0, 0.1) is 11.3 Å². The van der Waals surface area contributed by atoms with Crippen LogP contribution in [0.5, 0.6) is 0 Å². The second kappa shape index (κ2) is 5.44. The van der Waals surface area contributed by atoms with E-state index in [4.69, 9.17) is 4.74 Å². The Morgan fingerprint density at radius 2 is 2.05 bits per heavy atom. The Morgan fingerprint density at radius 1 is 1.35 bits per heavy atom. The molecule has 3 fully saturated rings. The van der Waals surface area contributed by atoms with Crippen molar-refractivity contribution in [2.24, 2.45) is 11.3 Å². The summed E-state index contributed by atoms with van der Waals surface area (Å²) in [4.78, 5) is 11.7. The van der Waals surface area contributed by atoms with Gasteiger partial charge < -0.3 is 15.2 Å². The van der Waals surface area contributed by atoms with Crippen molar-refractivity contribution in [2.45, 2.75) is 38.3 Å². The van der Waals surface area contributed by atoms with Gasteiger partial charge in [0.1, 0.15) is 6.61 Å². The molecule has 0 heterocycles. The van der Waals surface area contributed by atoms with E-state index in [0.717, 1.165) is 17.9 Å². The van der Waals surface area contributed by atoms with Crippen molar-refractivity contribution in [1.82, 2.24) is 5.32 Å². The molecule has 3 aliphatic carbocycles. The molecule has 4 rings (SSSR count). The SMILES string of the molecule is O=C(N[C@H](CO)CC12CC(C1)C2)OCc1ccccc1. The molecule has 1 aromatic carbocycles. The fraction of sp³-hybridized carbons (Fsp3) is 0.562. The first-order valence-electron chi connectivity index (χ1n) is 7.27. The zero-order valence-electron chi connectivity index (χ0n) is 11.5. The smallest absolute Gasteiger partial charge is 0.407 e. The zero-order valence-corrected chi connectivity index (χ0v) is 11.5. The maximum atomic E-state index is 11.7. The first kappa shape index (κ1) is 13.4. The molecule has 0 aromatic heterocycles. The Bertz CT molecular complexity index is 457. The van der Waals surface area contributed by atoms with Crippen molar-refractivity contribution in [3.8, 4) is 0 Å². The third-order valence-corrected chi connectivity index (χ3v) is 4.60. The van der Waals surface area contributed by atoms with Crippen LogP contribution < -0.4 is 5.32 Å². The maximum absolute atomic E-state index is 11.7. The molecular weight excluding hydrogens is 254 g/mol. The van der Waals surface area contributed by atoms with Crippen LogP contribution in [0.15, 0.2) is 30.3 Å². The highest BCUT2D eigenvalue weighted by Crippen LogP contribution is 2.66. The minimum atomic E-state index is -0.445. The van der Waals surface area contributed by atoms with Gasteiger partial charge in [-0.15, -0.1) is 0 Å². The molecule has 4 heteroatoms. The molecule has 3 saturated carbocycles. The summed E-state index contributed by atoms with van der Waals surface area (Å²) >= 11 is 0. The molecule has 0 aliphatic heterocycles. The molecule has 1 atom stereocenters. The van der Waals surface area contributed by atoms with Crippen molar-refractivity contribution in [3.05, 3.63) is 35.9 Å². The second-order valence-corrected chi connectivity index (χ2v) is 6.27. The number of ether oxygens (including phenoxy) is 1. The highest BCUT2D eigenvalue weighted by atomic mass is 16.5. The van der Waals surface area contributed by atoms with Crippen LogP contribution in [0.1, 0.15) is 31.2 Å². The number of rotatable bonds is 6. The van der Waals surface area contributed by atoms with Crippen LogP contribution in [-0.4, -0.2) is 23.8 Å². The molecule has 1 aromatic rings. The van der Waals surface area contributed by atoms with Crippen molar-refractivity contribution in [3.63, 3.8) is 0 Å². The number of alkyl carbamates (subject to hydrolysis) is 1. The molecule has 0 unspecified atom stereocenters. The van der Waals surface area contributed by atoms with Gasteiger partial charge in [0.2, 0.25) is 0 Å². The molecule has 1 amide bonds. The molecule has 108 valence electrons. The summed E-state index contributed by atoms with van der Waals surface area (Å²) in [6.07, 6.45) is 4.23. The quantitative estimate of drug-likeness (QED) is 0.838. The lowest BCUT2D eigenvalue weighted by molar-refractivity contribution is -0.119. The number of carbonyl (C=O) groups is 1. The van der Waals surface area contributed by atoms with E-state index in [9.17, 15) is 9.90 Å². The fourth-order valence-electron chi connectivity index (χ4n) is 3.52. The molecule has 2 bridgehead atoms. The predicted octanol–water partition coefficient (Wildman–Crippen LogP) is 2.46. The summed E-state index contributed by atoms with van der Waals surface area (Å²) < 4.78 is 5.18. The molecule has 0 spiro atoms. The highest BCUT2D eigenvalue weighted by Gasteiger charge is 2.56. The number of nitrogens with one attached hydrogen (secondary N) is 1. The summed E-state index contributed by atoms with van der Waals surface area (Å²) in [5.41, 5.74) is 1.37. The van der Waals surface area contributed by atoms with Crippen molar-refractivity contribution in [1.29, 1.82) is 0 Å². The number of carbonyl (C=O) groups excluding carboxylic acids is 1. The number of hydrogen-bond donors (Lipinski definition) is 2. The van der Waals surface area contributed by atoms with Crippen LogP contribution in [0.3, 0.4) is 0 Å². The first-order chi connectivity index (χ1) is 9.69. The Labute approximate surface area is 119 Å². The topological polar surface area (TPSA) is 58.6 Å². The lowest BCUT2D eigenvalue weighted by atomic mass is 9.43. The van der Waals surface area contributed by atoms with E-state index in [1.807, 2.05) is 30.3 Å². The monoisotopic (exact) mass is 275 g/mol. The van der Waals surface area contributed by atoms with Crippen LogP contribution >= 0.6 is 0 Å². The van der Waals surface area contributed by atoms with Gasteiger partial charge >= 0.3 is 6.09 Å². The highest BCUT2D eigenvalue weighted by molar-refractivity contribution is 5.67. The van der Waals surface area contributed by atoms with Gasteiger partial charge in [0.05, 0.1) is 12.6 Å². The van der Waals surface area contributed by atoms with Gasteiger partial charge in [0.25, 0.3) is 0 Å². The normalized spacial score (nSPS) is 27.9. The molecule has 4 nitrogen and oxygen atoms in total. The van der Waals surface area contributed by atoms with Gasteiger partial charge in [-0.3, -0.25) is 0 Å². The third-order valence-electron chi connectivity index (χ3n) is 4.60. The van der Waals surface area contributed by atoms with Crippen molar-refractivity contribution in [2.75, 3.05) is 6.61 Å². The van der Waals surface area contributed by atoms with E-state index in [-0.39, 0.29) is 19.3 Å². The molecule has 0 radical (unpaired) electrons. The van der Waals surface area contributed by atoms with Crippen LogP contribution in [0.2, 0.25) is 0 Å². The Balaban J connectivity index is 1.42. The summed E-state index contributed by atoms with van der Waals surface area (Å²) in [5.74, 6) is 0.916. The van der Waals surface area contributed by atoms with Crippen LogP contribution in [-0.2, 0) is 11.3 Å². The van der Waals surface area contributed by atoms with E-state index in [1.54, 1.807) is 0 Å². The Morgan fingerprint density at radius 3 is 2.60 bits per heavy atom. The van der Waals surface area contributed by atoms with E-state index >= 15 is 0 Å². The minimum absolute atomic E-state index is 0.0210. The number of benzene rings is 1. The Kier molecular flexibility index (Phi) is 3.66. The number of amides is 1. The molecule has 3 aliphatic rings. The summed E-state index contributed by atoms with van der Waals surface area (Å²) in [6, 6.07) is 9.40. The zero-order chi connectivity index (χ0) is 14.0. The van der Waals surface area contributed by atoms with E-state index < -0.39 is 6.09 Å². The minimum Gasteiger partial charge on any atom is -0.445 e. The molecule has 20 heavy (non-hydrogen) atoms. The summed E-state index contributed by atoms with van der Waals surface area (Å²) in [7, 11) is 0. The molecular formula is C16H21NO3.